The topological polar surface area (TPSA) is 357 Å². The summed E-state index contributed by atoms with van der Waals surface area (Å²) < 4.78 is 0. The molecule has 0 saturated heterocycles. The van der Waals surface area contributed by atoms with Gasteiger partial charge in [-0.25, -0.2) is 9.78 Å². The fourth-order valence-electron chi connectivity index (χ4n) is 7.77. The number of aliphatic carboxylic acids is 1. The largest absolute Gasteiger partial charge is 0.480 e. The Bertz CT molecular complexity index is 2350. The molecular formula is C51H71N13O8. The van der Waals surface area contributed by atoms with Crippen LogP contribution in [0.15, 0.2) is 109 Å². The molecule has 0 aliphatic rings. The number of H-pyrrole nitrogens is 1. The summed E-state index contributed by atoms with van der Waals surface area (Å²) in [5, 5.41) is 26.5. The van der Waals surface area contributed by atoms with Gasteiger partial charge in [-0.1, -0.05) is 105 Å². The van der Waals surface area contributed by atoms with Gasteiger partial charge in [0.1, 0.15) is 36.3 Å². The van der Waals surface area contributed by atoms with Gasteiger partial charge in [0.15, 0.2) is 5.96 Å². The second-order valence-corrected chi connectivity index (χ2v) is 18.0. The van der Waals surface area contributed by atoms with E-state index in [4.69, 9.17) is 22.9 Å². The van der Waals surface area contributed by atoms with E-state index in [0.717, 1.165) is 5.56 Å². The number of hydrogen-bond acceptors (Lipinski definition) is 11. The van der Waals surface area contributed by atoms with Gasteiger partial charge in [-0.2, -0.15) is 0 Å². The predicted octanol–water partition coefficient (Wildman–Crippen LogP) is 0.230. The van der Waals surface area contributed by atoms with E-state index >= 15 is 0 Å². The molecule has 6 amide bonds. The number of guanidine groups is 1. The maximum absolute atomic E-state index is 14.5. The van der Waals surface area contributed by atoms with Gasteiger partial charge in [0.25, 0.3) is 0 Å². The van der Waals surface area contributed by atoms with E-state index in [0.29, 0.717) is 36.2 Å². The highest BCUT2D eigenvalue weighted by molar-refractivity contribution is 5.97. The third kappa shape index (κ3) is 20.4. The van der Waals surface area contributed by atoms with Gasteiger partial charge >= 0.3 is 5.97 Å². The van der Waals surface area contributed by atoms with E-state index in [1.165, 1.54) is 12.5 Å². The highest BCUT2D eigenvalue weighted by Crippen LogP contribution is 2.13. The smallest absolute Gasteiger partial charge is 0.326 e. The van der Waals surface area contributed by atoms with Gasteiger partial charge < -0.3 is 64.9 Å². The number of aliphatic imine (C=N–C) groups is 1. The number of benzene rings is 3. The summed E-state index contributed by atoms with van der Waals surface area (Å²) in [4.78, 5) is 108. The lowest BCUT2D eigenvalue weighted by Crippen LogP contribution is -2.60. The number of aromatic amines is 1. The van der Waals surface area contributed by atoms with E-state index < -0.39 is 83.7 Å². The summed E-state index contributed by atoms with van der Waals surface area (Å²) in [6, 6.07) is 18.3. The maximum atomic E-state index is 14.5. The normalized spacial score (nSPS) is 14.0. The van der Waals surface area contributed by atoms with E-state index in [1.807, 2.05) is 44.2 Å². The number of unbranched alkanes of at least 4 members (excludes halogenated alkanes) is 1. The number of rotatable bonds is 31. The van der Waals surface area contributed by atoms with Crippen LogP contribution in [0.1, 0.15) is 74.8 Å². The van der Waals surface area contributed by atoms with Crippen molar-refractivity contribution >= 4 is 47.4 Å². The first-order chi connectivity index (χ1) is 34.5. The van der Waals surface area contributed by atoms with E-state index in [2.05, 4.69) is 46.9 Å². The monoisotopic (exact) mass is 994 g/mol. The van der Waals surface area contributed by atoms with Gasteiger partial charge in [0.2, 0.25) is 35.4 Å². The number of carbonyl (C=O) groups excluding carboxylic acids is 6. The number of amides is 6. The Balaban J connectivity index is 1.57. The Morgan fingerprint density at radius 3 is 1.49 bits per heavy atom. The van der Waals surface area contributed by atoms with Gasteiger partial charge in [-0.3, -0.25) is 33.8 Å². The highest BCUT2D eigenvalue weighted by atomic mass is 16.4. The van der Waals surface area contributed by atoms with Crippen LogP contribution in [0.3, 0.4) is 0 Å². The van der Waals surface area contributed by atoms with Crippen molar-refractivity contribution in [1.29, 1.82) is 0 Å². The summed E-state index contributed by atoms with van der Waals surface area (Å²) in [5.41, 5.74) is 25.8. The van der Waals surface area contributed by atoms with Crippen molar-refractivity contribution < 1.29 is 38.7 Å². The minimum absolute atomic E-state index is 0.00704. The average Bonchev–Trinajstić information content (AvgIpc) is 3.87. The van der Waals surface area contributed by atoms with Crippen LogP contribution < -0.4 is 54.8 Å². The van der Waals surface area contributed by atoms with Crippen molar-refractivity contribution in [2.45, 2.75) is 120 Å². The molecule has 4 rings (SSSR count). The zero-order chi connectivity index (χ0) is 52.4. The molecule has 21 nitrogen and oxygen atoms in total. The summed E-state index contributed by atoms with van der Waals surface area (Å²) in [5.74, 6) is -5.85. The molecule has 4 aromatic rings. The zero-order valence-corrected chi connectivity index (χ0v) is 40.9. The summed E-state index contributed by atoms with van der Waals surface area (Å²) in [7, 11) is 0. The molecule has 388 valence electrons. The van der Waals surface area contributed by atoms with E-state index in [-0.39, 0.29) is 69.8 Å². The van der Waals surface area contributed by atoms with E-state index in [9.17, 15) is 38.7 Å². The number of carboxylic acid groups (broad SMARTS) is 1. The van der Waals surface area contributed by atoms with Gasteiger partial charge in [0, 0.05) is 37.7 Å². The fraction of sp³-hybridized carbons (Fsp3) is 0.431. The molecule has 0 aliphatic carbocycles. The third-order valence-electron chi connectivity index (χ3n) is 11.6. The molecule has 0 aliphatic heterocycles. The maximum Gasteiger partial charge on any atom is 0.326 e. The fourth-order valence-corrected chi connectivity index (χ4v) is 7.77. The summed E-state index contributed by atoms with van der Waals surface area (Å²) >= 11 is 0. The van der Waals surface area contributed by atoms with Crippen LogP contribution in [0.25, 0.3) is 0 Å². The first-order valence-corrected chi connectivity index (χ1v) is 24.2. The van der Waals surface area contributed by atoms with Crippen LogP contribution in [0, 0.1) is 5.92 Å². The number of imidazole rings is 1. The van der Waals surface area contributed by atoms with Crippen LogP contribution in [-0.2, 0) is 59.2 Å². The standard InChI is InChI=1S/C51H71N13O8/c1-32(2)25-40(47(68)60-39(22-14-24-57-51(54)55)46(67)64-43(50(71)72)28-35-19-10-5-11-20-35)62-45(66)38(21-12-13-23-52)59-48(69)41(27-34-17-8-4-9-18-34)63-49(70)42(29-36-30-56-31-58-36)61-44(65)37(53)26-33-15-6-3-7-16-33/h3-11,15-20,30-32,37-43H,12-14,21-29,52-53H2,1-2H3,(H,56,58)(H,59,69)(H,60,68)(H,61,65)(H,62,66)(H,63,70)(H,64,67)(H,71,72)(H4,54,55,57). The molecule has 3 aromatic carbocycles. The molecule has 0 saturated carbocycles. The van der Waals surface area contributed by atoms with Gasteiger partial charge in [-0.05, 0) is 74.1 Å². The molecule has 1 aromatic heterocycles. The average molecular weight is 994 g/mol. The molecular weight excluding hydrogens is 923 g/mol. The van der Waals surface area contributed by atoms with Crippen LogP contribution in [0.4, 0.5) is 0 Å². The van der Waals surface area contributed by atoms with Crippen LogP contribution in [0.5, 0.6) is 0 Å². The molecule has 0 spiro atoms. The molecule has 16 N–H and O–H groups in total. The second kappa shape index (κ2) is 30.2. The third-order valence-corrected chi connectivity index (χ3v) is 11.6. The molecule has 0 bridgehead atoms. The highest BCUT2D eigenvalue weighted by Gasteiger charge is 2.34. The zero-order valence-electron chi connectivity index (χ0n) is 40.9. The quantitative estimate of drug-likeness (QED) is 0.0183. The Labute approximate surface area is 419 Å². The number of carboxylic acids is 1. The second-order valence-electron chi connectivity index (χ2n) is 18.0. The number of nitrogens with zero attached hydrogens (tertiary/aromatic N) is 2. The Morgan fingerprint density at radius 2 is 1.00 bits per heavy atom. The van der Waals surface area contributed by atoms with E-state index in [1.54, 1.807) is 60.7 Å². The van der Waals surface area contributed by atoms with Gasteiger partial charge in [0.05, 0.1) is 12.4 Å². The van der Waals surface area contributed by atoms with Crippen molar-refractivity contribution in [3.8, 4) is 0 Å². The first kappa shape index (κ1) is 56.9. The Hall–Kier alpha value is -7.65. The number of carbonyl (C=O) groups is 7. The molecule has 72 heavy (non-hydrogen) atoms. The molecule has 7 atom stereocenters. The van der Waals surface area contributed by atoms with Crippen LogP contribution in [0.2, 0.25) is 0 Å². The van der Waals surface area contributed by atoms with Crippen LogP contribution in [-0.4, -0.2) is 118 Å². The lowest BCUT2D eigenvalue weighted by atomic mass is 10.00. The molecule has 7 unspecified atom stereocenters. The minimum atomic E-state index is -1.33. The van der Waals surface area contributed by atoms with Gasteiger partial charge in [-0.15, -0.1) is 0 Å². The molecule has 1 heterocycles. The summed E-state index contributed by atoms with van der Waals surface area (Å²) in [6.45, 7) is 4.08. The number of hydrogen-bond donors (Lipinski definition) is 12. The summed E-state index contributed by atoms with van der Waals surface area (Å²) in [6.07, 6.45) is 4.43. The number of nitrogens with two attached hydrogens (primary N) is 4. The lowest BCUT2D eigenvalue weighted by molar-refractivity contribution is -0.142. The SMILES string of the molecule is CC(C)CC(NC(=O)C(CCCCN)NC(=O)C(Cc1ccccc1)NC(=O)C(Cc1cnc[nH]1)NC(=O)C(N)Cc1ccccc1)C(=O)NC(CCCN=C(N)N)C(=O)NC(Cc1ccccc1)C(=O)O. The molecule has 0 fully saturated rings. The van der Waals surface area contributed by atoms with Crippen molar-refractivity contribution in [3.05, 3.63) is 126 Å². The first-order valence-electron chi connectivity index (χ1n) is 24.2. The number of aromatic nitrogens is 2. The number of nitrogens with one attached hydrogen (secondary N) is 7. The molecule has 21 heteroatoms. The van der Waals surface area contributed by atoms with Crippen molar-refractivity contribution in [1.82, 2.24) is 41.9 Å². The predicted molar refractivity (Wildman–Crippen MR) is 272 cm³/mol. The Kier molecular flexibility index (Phi) is 23.9. The Morgan fingerprint density at radius 1 is 0.569 bits per heavy atom. The lowest BCUT2D eigenvalue weighted by Gasteiger charge is -2.28. The van der Waals surface area contributed by atoms with Crippen molar-refractivity contribution in [2.24, 2.45) is 33.8 Å². The van der Waals surface area contributed by atoms with Crippen molar-refractivity contribution in [3.63, 3.8) is 0 Å². The van der Waals surface area contributed by atoms with Crippen molar-refractivity contribution in [2.75, 3.05) is 13.1 Å². The van der Waals surface area contributed by atoms with Crippen LogP contribution >= 0.6 is 0 Å². The minimum Gasteiger partial charge on any atom is -0.480 e. The molecule has 0 radical (unpaired) electrons.